The van der Waals surface area contributed by atoms with Crippen molar-refractivity contribution in [3.8, 4) is 0 Å². The van der Waals surface area contributed by atoms with Crippen molar-refractivity contribution in [2.45, 2.75) is 165 Å². The van der Waals surface area contributed by atoms with Gasteiger partial charge in [0.25, 0.3) is 0 Å². The molecule has 0 aromatic heterocycles. The summed E-state index contributed by atoms with van der Waals surface area (Å²) in [4.78, 5) is 14.5. The summed E-state index contributed by atoms with van der Waals surface area (Å²) >= 11 is 0. The van der Waals surface area contributed by atoms with Crippen LogP contribution in [0.2, 0.25) is 0 Å². The van der Waals surface area contributed by atoms with E-state index < -0.39 is 85.8 Å². The van der Waals surface area contributed by atoms with E-state index in [0.29, 0.717) is 48.9 Å². The van der Waals surface area contributed by atoms with Gasteiger partial charge in [-0.05, 0) is 80.0 Å². The lowest BCUT2D eigenvalue weighted by Gasteiger charge is -2.60. The molecule has 8 rings (SSSR count). The Balaban J connectivity index is 0.903. The minimum atomic E-state index is -1.64. The maximum Gasteiger partial charge on any atom is 0.186 e. The topological polar surface area (TPSA) is 214 Å². The molecule has 14 heteroatoms. The van der Waals surface area contributed by atoms with Crippen molar-refractivity contribution in [1.29, 1.82) is 0 Å². The third-order valence-corrected chi connectivity index (χ3v) is 16.0. The zero-order valence-electron chi connectivity index (χ0n) is 31.4. The quantitative estimate of drug-likeness (QED) is 0.185. The first-order chi connectivity index (χ1) is 25.1. The molecule has 8 aliphatic rings. The SMILES string of the molecule is C[C@@H]1CCC2(OC1)O[C@H]1C[C@H]3[C@@H]4CC[C@H]5C[C@@H](O[C@H]6O[C@H](CO[C@H]7O[C@H](CO)[C@@H](O)[C@H](O)[C@H]7O)[C@@H](O)[C@H](O)[C@H]6O)CC[C@]5(C)[C@H]4CC(=O)[C@]3(C)[C@H]1[C@@H]2C. The smallest absolute Gasteiger partial charge is 0.186 e. The van der Waals surface area contributed by atoms with Crippen LogP contribution in [0.25, 0.3) is 0 Å². The molecule has 1 unspecified atom stereocenters. The number of Topliss-reactive ketones (excluding diaryl/α,β-unsaturated/α-hetero) is 1. The summed E-state index contributed by atoms with van der Waals surface area (Å²) in [6.45, 7) is 8.76. The Morgan fingerprint density at radius 1 is 0.792 bits per heavy atom. The number of carbonyl (C=O) groups excluding carboxylic acids is 1. The van der Waals surface area contributed by atoms with Crippen LogP contribution < -0.4 is 0 Å². The van der Waals surface area contributed by atoms with E-state index in [-0.39, 0.29) is 35.4 Å². The van der Waals surface area contributed by atoms with Gasteiger partial charge in [-0.25, -0.2) is 0 Å². The standard InChI is InChI=1S/C39H62O14/c1-17-7-10-39(49-15-17)18(2)28-24(53-39)12-23-21-6-5-19-11-20(8-9-37(19,3)22(21)13-27(41)38(23,28)4)50-36-34(47)32(45)30(43)26(52-36)16-48-35-33(46)31(44)29(42)25(14-40)51-35/h17-26,28-36,40,42-47H,5-16H2,1-4H3/t17-,18+,19+,20+,21-,22+,23+,24+,25-,26-,28+,29-,30-,31+,32+,33-,34-,35+,36+,37+,38-,39?/m1/s1. The van der Waals surface area contributed by atoms with Gasteiger partial charge in [0.1, 0.15) is 54.6 Å². The largest absolute Gasteiger partial charge is 0.394 e. The van der Waals surface area contributed by atoms with Gasteiger partial charge in [-0.15, -0.1) is 0 Å². The van der Waals surface area contributed by atoms with Crippen molar-refractivity contribution in [1.82, 2.24) is 0 Å². The number of fused-ring (bicyclic) bond motifs is 7. The zero-order valence-corrected chi connectivity index (χ0v) is 31.4. The lowest BCUT2D eigenvalue weighted by atomic mass is 9.44. The second kappa shape index (κ2) is 14.2. The fourth-order valence-electron chi connectivity index (χ4n) is 12.8. The van der Waals surface area contributed by atoms with E-state index in [0.717, 1.165) is 44.9 Å². The van der Waals surface area contributed by atoms with Crippen molar-refractivity contribution in [3.05, 3.63) is 0 Å². The Morgan fingerprint density at radius 3 is 2.19 bits per heavy atom. The average molecular weight is 755 g/mol. The Morgan fingerprint density at radius 2 is 1.49 bits per heavy atom. The van der Waals surface area contributed by atoms with Crippen LogP contribution in [0, 0.1) is 52.3 Å². The summed E-state index contributed by atoms with van der Waals surface area (Å²) < 4.78 is 36.6. The molecule has 22 atom stereocenters. The van der Waals surface area contributed by atoms with E-state index in [1.54, 1.807) is 0 Å². The highest BCUT2D eigenvalue weighted by Crippen LogP contribution is 2.70. The highest BCUT2D eigenvalue weighted by atomic mass is 16.7. The normalized spacial score (nSPS) is 58.2. The predicted molar refractivity (Wildman–Crippen MR) is 183 cm³/mol. The summed E-state index contributed by atoms with van der Waals surface area (Å²) in [5.74, 6) is 2.02. The molecule has 4 heterocycles. The molecule has 0 aromatic carbocycles. The molecule has 0 bridgehead atoms. The van der Waals surface area contributed by atoms with Crippen molar-refractivity contribution in [3.63, 3.8) is 0 Å². The van der Waals surface area contributed by atoms with Crippen molar-refractivity contribution in [2.75, 3.05) is 19.8 Å². The van der Waals surface area contributed by atoms with Crippen LogP contribution in [0.1, 0.15) is 85.5 Å². The first kappa shape index (κ1) is 39.0. The molecule has 53 heavy (non-hydrogen) atoms. The Labute approximate surface area is 311 Å². The Hall–Kier alpha value is -0.850. The maximum absolute atomic E-state index is 14.5. The van der Waals surface area contributed by atoms with Crippen molar-refractivity contribution < 1.29 is 69.0 Å². The molecule has 4 saturated carbocycles. The minimum absolute atomic E-state index is 0.0443. The number of ether oxygens (including phenoxy) is 6. The molecule has 4 aliphatic carbocycles. The number of aliphatic hydroxyl groups is 7. The van der Waals surface area contributed by atoms with E-state index in [4.69, 9.17) is 28.4 Å². The van der Waals surface area contributed by atoms with E-state index >= 15 is 0 Å². The molecule has 0 radical (unpaired) electrons. The fourth-order valence-corrected chi connectivity index (χ4v) is 12.8. The number of carbonyl (C=O) groups is 1. The summed E-state index contributed by atoms with van der Waals surface area (Å²) in [6, 6.07) is 0. The molecule has 302 valence electrons. The van der Waals surface area contributed by atoms with Crippen molar-refractivity contribution >= 4 is 5.78 Å². The number of aliphatic hydroxyl groups excluding tert-OH is 7. The van der Waals surface area contributed by atoms with E-state index in [1.807, 2.05) is 0 Å². The van der Waals surface area contributed by atoms with Gasteiger partial charge in [-0.3, -0.25) is 4.79 Å². The number of hydrogen-bond donors (Lipinski definition) is 7. The Bertz CT molecular complexity index is 1340. The molecule has 7 N–H and O–H groups in total. The third kappa shape index (κ3) is 6.12. The van der Waals surface area contributed by atoms with Crippen LogP contribution in [-0.4, -0.2) is 141 Å². The minimum Gasteiger partial charge on any atom is -0.394 e. The van der Waals surface area contributed by atoms with E-state index in [9.17, 15) is 40.5 Å². The van der Waals surface area contributed by atoms with Crippen LogP contribution in [0.3, 0.4) is 0 Å². The van der Waals surface area contributed by atoms with Gasteiger partial charge < -0.3 is 64.2 Å². The molecule has 0 amide bonds. The van der Waals surface area contributed by atoms with E-state index in [1.165, 1.54) is 0 Å². The first-order valence-corrected chi connectivity index (χ1v) is 20.2. The van der Waals surface area contributed by atoms with Gasteiger partial charge in [0.15, 0.2) is 18.4 Å². The van der Waals surface area contributed by atoms with E-state index in [2.05, 4.69) is 27.7 Å². The lowest BCUT2D eigenvalue weighted by molar-refractivity contribution is -0.338. The van der Waals surface area contributed by atoms with Gasteiger partial charge in [-0.2, -0.15) is 0 Å². The Kier molecular flexibility index (Phi) is 10.5. The van der Waals surface area contributed by atoms with Crippen LogP contribution >= 0.6 is 0 Å². The second-order valence-electron chi connectivity index (χ2n) is 18.6. The lowest BCUT2D eigenvalue weighted by Crippen LogP contribution is -2.62. The molecule has 8 fully saturated rings. The molecular formula is C39H62O14. The predicted octanol–water partition coefficient (Wildman–Crippen LogP) is 0.621. The number of rotatable bonds is 6. The van der Waals surface area contributed by atoms with Crippen LogP contribution in [0.4, 0.5) is 0 Å². The van der Waals surface area contributed by atoms with Gasteiger partial charge >= 0.3 is 0 Å². The molecule has 1 spiro atoms. The summed E-state index contributed by atoms with van der Waals surface area (Å²) in [5, 5.41) is 72.4. The molecule has 4 aliphatic heterocycles. The fraction of sp³-hybridized carbons (Fsp3) is 0.974. The number of hydrogen-bond acceptors (Lipinski definition) is 14. The monoisotopic (exact) mass is 754 g/mol. The molecular weight excluding hydrogens is 692 g/mol. The third-order valence-electron chi connectivity index (χ3n) is 16.0. The van der Waals surface area contributed by atoms with Crippen LogP contribution in [0.15, 0.2) is 0 Å². The average Bonchev–Trinajstić information content (AvgIpc) is 3.59. The van der Waals surface area contributed by atoms with Gasteiger partial charge in [0.2, 0.25) is 0 Å². The van der Waals surface area contributed by atoms with Gasteiger partial charge in [0, 0.05) is 30.1 Å². The van der Waals surface area contributed by atoms with Crippen LogP contribution in [-0.2, 0) is 33.2 Å². The second-order valence-corrected chi connectivity index (χ2v) is 18.6. The van der Waals surface area contributed by atoms with Gasteiger partial charge in [0.05, 0.1) is 32.0 Å². The summed E-state index contributed by atoms with van der Waals surface area (Å²) in [7, 11) is 0. The highest BCUT2D eigenvalue weighted by Gasteiger charge is 2.72. The summed E-state index contributed by atoms with van der Waals surface area (Å²) in [6.07, 6.45) is -7.03. The molecule has 4 saturated heterocycles. The first-order valence-electron chi connectivity index (χ1n) is 20.2. The van der Waals surface area contributed by atoms with Crippen molar-refractivity contribution in [2.24, 2.45) is 52.3 Å². The molecule has 0 aromatic rings. The highest BCUT2D eigenvalue weighted by molar-refractivity contribution is 5.87. The van der Waals surface area contributed by atoms with Crippen LogP contribution in [0.5, 0.6) is 0 Å². The zero-order chi connectivity index (χ0) is 37.8. The van der Waals surface area contributed by atoms with Gasteiger partial charge in [-0.1, -0.05) is 27.7 Å². The molecule has 14 nitrogen and oxygen atoms in total. The summed E-state index contributed by atoms with van der Waals surface area (Å²) in [5.41, 5.74) is -0.453. The maximum atomic E-state index is 14.5. The number of ketones is 1.